The summed E-state index contributed by atoms with van der Waals surface area (Å²) in [6.45, 7) is 7.53. The molecule has 1 aliphatic heterocycles. The fraction of sp³-hybridized carbons (Fsp3) is 0.312. The molecule has 1 aromatic carbocycles. The summed E-state index contributed by atoms with van der Waals surface area (Å²) in [5, 5.41) is 13.5. The molecular formula is C16H18N2O3. The number of nitrogens with zero attached hydrogens (tertiary/aromatic N) is 1. The fourth-order valence-corrected chi connectivity index (χ4v) is 2.78. The van der Waals surface area contributed by atoms with Gasteiger partial charge < -0.3 is 19.7 Å². The SMILES string of the molecule is C=CCc1c(C(=O)O)oc2ccc(N3CCNCC3)cc12. The maximum absolute atomic E-state index is 11.3. The summed E-state index contributed by atoms with van der Waals surface area (Å²) in [6, 6.07) is 5.86. The van der Waals surface area contributed by atoms with E-state index in [1.807, 2.05) is 18.2 Å². The highest BCUT2D eigenvalue weighted by molar-refractivity contribution is 5.96. The lowest BCUT2D eigenvalue weighted by Gasteiger charge is -2.29. The van der Waals surface area contributed by atoms with Crippen LogP contribution in [0.25, 0.3) is 11.0 Å². The molecule has 0 amide bonds. The lowest BCUT2D eigenvalue weighted by Crippen LogP contribution is -2.43. The monoisotopic (exact) mass is 286 g/mol. The number of carboxylic acids is 1. The van der Waals surface area contributed by atoms with Crippen molar-refractivity contribution < 1.29 is 14.3 Å². The van der Waals surface area contributed by atoms with Gasteiger partial charge in [0.05, 0.1) is 0 Å². The Morgan fingerprint density at radius 1 is 1.43 bits per heavy atom. The van der Waals surface area contributed by atoms with Crippen molar-refractivity contribution in [3.63, 3.8) is 0 Å². The number of carbonyl (C=O) groups is 1. The molecule has 21 heavy (non-hydrogen) atoms. The Morgan fingerprint density at radius 2 is 2.19 bits per heavy atom. The summed E-state index contributed by atoms with van der Waals surface area (Å²) in [7, 11) is 0. The van der Waals surface area contributed by atoms with E-state index in [4.69, 9.17) is 4.42 Å². The Hall–Kier alpha value is -2.27. The van der Waals surface area contributed by atoms with Crippen LogP contribution in [0.4, 0.5) is 5.69 Å². The van der Waals surface area contributed by atoms with Crippen molar-refractivity contribution in [3.8, 4) is 0 Å². The molecule has 0 saturated carbocycles. The van der Waals surface area contributed by atoms with Gasteiger partial charge in [-0.15, -0.1) is 6.58 Å². The Kier molecular flexibility index (Phi) is 3.66. The van der Waals surface area contributed by atoms with Crippen LogP contribution in [0.1, 0.15) is 16.1 Å². The number of aromatic carboxylic acids is 1. The van der Waals surface area contributed by atoms with Crippen molar-refractivity contribution in [2.45, 2.75) is 6.42 Å². The molecule has 1 fully saturated rings. The first kappa shape index (κ1) is 13.7. The van der Waals surface area contributed by atoms with Crippen LogP contribution >= 0.6 is 0 Å². The molecule has 110 valence electrons. The van der Waals surface area contributed by atoms with Gasteiger partial charge in [0.25, 0.3) is 0 Å². The number of benzene rings is 1. The summed E-state index contributed by atoms with van der Waals surface area (Å²) in [5.74, 6) is -1.02. The number of fused-ring (bicyclic) bond motifs is 1. The minimum atomic E-state index is -1.04. The molecule has 5 nitrogen and oxygen atoms in total. The quantitative estimate of drug-likeness (QED) is 0.844. The molecule has 0 spiro atoms. The number of piperazine rings is 1. The van der Waals surface area contributed by atoms with Crippen LogP contribution in [0.2, 0.25) is 0 Å². The average Bonchev–Trinajstić information content (AvgIpc) is 2.87. The maximum atomic E-state index is 11.3. The van der Waals surface area contributed by atoms with Gasteiger partial charge in [0.15, 0.2) is 0 Å². The third-order valence-electron chi connectivity index (χ3n) is 3.80. The molecule has 2 N–H and O–H groups in total. The lowest BCUT2D eigenvalue weighted by atomic mass is 10.1. The summed E-state index contributed by atoms with van der Waals surface area (Å²) < 4.78 is 5.48. The molecule has 5 heteroatoms. The fourth-order valence-electron chi connectivity index (χ4n) is 2.78. The maximum Gasteiger partial charge on any atom is 0.372 e. The number of allylic oxidation sites excluding steroid dienone is 1. The largest absolute Gasteiger partial charge is 0.475 e. The van der Waals surface area contributed by atoms with Crippen LogP contribution in [0, 0.1) is 0 Å². The zero-order valence-electron chi connectivity index (χ0n) is 11.8. The molecule has 0 atom stereocenters. The average molecular weight is 286 g/mol. The predicted octanol–water partition coefficient (Wildman–Crippen LogP) is 2.27. The van der Waals surface area contributed by atoms with Crippen molar-refractivity contribution in [3.05, 3.63) is 42.2 Å². The number of hydrogen-bond donors (Lipinski definition) is 2. The molecule has 3 rings (SSSR count). The van der Waals surface area contributed by atoms with Crippen LogP contribution in [-0.2, 0) is 6.42 Å². The third kappa shape index (κ3) is 2.52. The van der Waals surface area contributed by atoms with Crippen LogP contribution in [0.3, 0.4) is 0 Å². The third-order valence-corrected chi connectivity index (χ3v) is 3.80. The highest BCUT2D eigenvalue weighted by Gasteiger charge is 2.20. The molecule has 0 unspecified atom stereocenters. The van der Waals surface area contributed by atoms with Crippen molar-refractivity contribution >= 4 is 22.6 Å². The number of anilines is 1. The highest BCUT2D eigenvalue weighted by atomic mass is 16.4. The Labute approximate surface area is 122 Å². The van der Waals surface area contributed by atoms with Gasteiger partial charge in [-0.3, -0.25) is 0 Å². The second-order valence-corrected chi connectivity index (χ2v) is 5.13. The molecule has 1 saturated heterocycles. The van der Waals surface area contributed by atoms with E-state index in [9.17, 15) is 9.90 Å². The smallest absolute Gasteiger partial charge is 0.372 e. The molecule has 0 aliphatic carbocycles. The van der Waals surface area contributed by atoms with Crippen molar-refractivity contribution in [1.82, 2.24) is 5.32 Å². The molecule has 2 aromatic rings. The molecule has 2 heterocycles. The van der Waals surface area contributed by atoms with Gasteiger partial charge in [-0.05, 0) is 24.6 Å². The molecular weight excluding hydrogens is 268 g/mol. The van der Waals surface area contributed by atoms with Gasteiger partial charge in [0.2, 0.25) is 5.76 Å². The molecule has 0 bridgehead atoms. The molecule has 1 aliphatic rings. The molecule has 0 radical (unpaired) electrons. The second kappa shape index (κ2) is 5.61. The van der Waals surface area contributed by atoms with E-state index in [2.05, 4.69) is 16.8 Å². The Bertz CT molecular complexity index is 684. The first-order valence-corrected chi connectivity index (χ1v) is 7.06. The summed E-state index contributed by atoms with van der Waals surface area (Å²) >= 11 is 0. The van der Waals surface area contributed by atoms with Crippen LogP contribution in [-0.4, -0.2) is 37.3 Å². The number of carboxylic acid groups (broad SMARTS) is 1. The summed E-state index contributed by atoms with van der Waals surface area (Å²) in [5.41, 5.74) is 2.42. The van der Waals surface area contributed by atoms with Crippen molar-refractivity contribution in [2.75, 3.05) is 31.1 Å². The predicted molar refractivity (Wildman–Crippen MR) is 82.2 cm³/mol. The zero-order chi connectivity index (χ0) is 14.8. The minimum absolute atomic E-state index is 0.0161. The first-order valence-electron chi connectivity index (χ1n) is 7.06. The minimum Gasteiger partial charge on any atom is -0.475 e. The van der Waals surface area contributed by atoms with Crippen molar-refractivity contribution in [2.24, 2.45) is 0 Å². The number of hydrogen-bond acceptors (Lipinski definition) is 4. The number of nitrogens with one attached hydrogen (secondary N) is 1. The Morgan fingerprint density at radius 3 is 2.86 bits per heavy atom. The van der Waals surface area contributed by atoms with Gasteiger partial charge >= 0.3 is 5.97 Å². The Balaban J connectivity index is 2.08. The van der Waals surface area contributed by atoms with E-state index in [1.165, 1.54) is 0 Å². The van der Waals surface area contributed by atoms with Crippen LogP contribution < -0.4 is 10.2 Å². The van der Waals surface area contributed by atoms with Gasteiger partial charge in [-0.2, -0.15) is 0 Å². The lowest BCUT2D eigenvalue weighted by molar-refractivity contribution is 0.0663. The number of rotatable bonds is 4. The van der Waals surface area contributed by atoms with Gasteiger partial charge in [-0.25, -0.2) is 4.79 Å². The molecule has 1 aromatic heterocycles. The van der Waals surface area contributed by atoms with Crippen molar-refractivity contribution in [1.29, 1.82) is 0 Å². The second-order valence-electron chi connectivity index (χ2n) is 5.13. The summed E-state index contributed by atoms with van der Waals surface area (Å²) in [6.07, 6.45) is 2.19. The number of furan rings is 1. The summed E-state index contributed by atoms with van der Waals surface area (Å²) in [4.78, 5) is 13.6. The van der Waals surface area contributed by atoms with E-state index in [1.54, 1.807) is 6.08 Å². The first-order chi connectivity index (χ1) is 10.2. The topological polar surface area (TPSA) is 65.7 Å². The van der Waals surface area contributed by atoms with Gasteiger partial charge in [0.1, 0.15) is 5.58 Å². The van der Waals surface area contributed by atoms with E-state index in [0.717, 1.165) is 37.3 Å². The van der Waals surface area contributed by atoms with E-state index in [-0.39, 0.29) is 5.76 Å². The van der Waals surface area contributed by atoms with Crippen LogP contribution in [0.5, 0.6) is 0 Å². The van der Waals surface area contributed by atoms with E-state index < -0.39 is 5.97 Å². The van der Waals surface area contributed by atoms with E-state index in [0.29, 0.717) is 17.6 Å². The standard InChI is InChI=1S/C16H18N2O3/c1-2-3-12-13-10-11(18-8-6-17-7-9-18)4-5-14(13)21-15(12)16(19)20/h2,4-5,10,17H,1,3,6-9H2,(H,19,20). The normalized spacial score (nSPS) is 15.3. The van der Waals surface area contributed by atoms with Gasteiger partial charge in [0, 0.05) is 42.8 Å². The highest BCUT2D eigenvalue weighted by Crippen LogP contribution is 2.30. The van der Waals surface area contributed by atoms with Gasteiger partial charge in [-0.1, -0.05) is 6.08 Å². The zero-order valence-corrected chi connectivity index (χ0v) is 11.8. The van der Waals surface area contributed by atoms with E-state index >= 15 is 0 Å². The van der Waals surface area contributed by atoms with Crippen LogP contribution in [0.15, 0.2) is 35.3 Å².